The van der Waals surface area contributed by atoms with E-state index in [1.165, 1.54) is 32.4 Å². The Morgan fingerprint density at radius 3 is 2.39 bits per heavy atom. The van der Waals surface area contributed by atoms with Gasteiger partial charge in [-0.15, -0.1) is 0 Å². The van der Waals surface area contributed by atoms with Gasteiger partial charge in [0.25, 0.3) is 5.56 Å². The number of nitrogens with zero attached hydrogens (tertiary/aromatic N) is 4. The number of quaternary nitrogens is 1. The summed E-state index contributed by atoms with van der Waals surface area (Å²) >= 11 is 0. The molecular weight excluding hydrogens is 390 g/mol. The van der Waals surface area contributed by atoms with E-state index in [0.29, 0.717) is 17.1 Å². The molecule has 0 aliphatic carbocycles. The number of rotatable bonds is 6. The second-order valence-electron chi connectivity index (χ2n) is 9.47. The molecule has 1 aromatic carbocycles. The largest absolute Gasteiger partial charge is 0.332 e. The van der Waals surface area contributed by atoms with E-state index in [1.54, 1.807) is 14.1 Å². The number of aromatic nitrogens is 4. The summed E-state index contributed by atoms with van der Waals surface area (Å²) in [5.74, 6) is 2.02. The second-order valence-corrected chi connectivity index (χ2v) is 9.47. The Labute approximate surface area is 182 Å². The Hall–Kier alpha value is -2.67. The first-order valence-electron chi connectivity index (χ1n) is 11.4. The molecule has 0 unspecified atom stereocenters. The maximum Gasteiger partial charge on any atom is 0.332 e. The van der Waals surface area contributed by atoms with Gasteiger partial charge < -0.3 is 9.47 Å². The Morgan fingerprint density at radius 2 is 1.74 bits per heavy atom. The molecule has 0 spiro atoms. The molecule has 1 fully saturated rings. The van der Waals surface area contributed by atoms with Crippen LogP contribution < -0.4 is 16.1 Å². The number of imidazole rings is 1. The molecule has 0 saturated carbocycles. The summed E-state index contributed by atoms with van der Waals surface area (Å²) in [5, 5.41) is 0. The van der Waals surface area contributed by atoms with Gasteiger partial charge in [-0.2, -0.15) is 0 Å². The average Bonchev–Trinajstić information content (AvgIpc) is 3.10. The highest BCUT2D eigenvalue weighted by molar-refractivity contribution is 5.71. The van der Waals surface area contributed by atoms with Gasteiger partial charge in [0.2, 0.25) is 0 Å². The smallest absolute Gasteiger partial charge is 0.329 e. The lowest BCUT2D eigenvalue weighted by Crippen LogP contribution is -3.11. The Kier molecular flexibility index (Phi) is 6.14. The van der Waals surface area contributed by atoms with Gasteiger partial charge in [-0.1, -0.05) is 44.2 Å². The SMILES string of the molecule is CC(C)Cn1c(C[NH+]2CCC(Cc3ccccc3)CC2)nc2c1c(=O)n(C)c(=O)n2C. The third-order valence-electron chi connectivity index (χ3n) is 6.56. The van der Waals surface area contributed by atoms with Crippen molar-refractivity contribution in [3.63, 3.8) is 0 Å². The highest BCUT2D eigenvalue weighted by Gasteiger charge is 2.26. The van der Waals surface area contributed by atoms with E-state index >= 15 is 0 Å². The molecule has 3 aromatic rings. The number of nitrogens with one attached hydrogen (secondary N) is 1. The van der Waals surface area contributed by atoms with E-state index in [-0.39, 0.29) is 11.2 Å². The quantitative estimate of drug-likeness (QED) is 0.645. The van der Waals surface area contributed by atoms with Gasteiger partial charge in [-0.3, -0.25) is 13.9 Å². The first-order chi connectivity index (χ1) is 14.8. The highest BCUT2D eigenvalue weighted by atomic mass is 16.2. The van der Waals surface area contributed by atoms with E-state index in [1.807, 2.05) is 0 Å². The molecule has 3 heterocycles. The minimum absolute atomic E-state index is 0.255. The average molecular weight is 425 g/mol. The monoisotopic (exact) mass is 424 g/mol. The first-order valence-corrected chi connectivity index (χ1v) is 11.4. The molecule has 166 valence electrons. The Balaban J connectivity index is 1.56. The summed E-state index contributed by atoms with van der Waals surface area (Å²) in [7, 11) is 3.24. The van der Waals surface area contributed by atoms with E-state index in [2.05, 4.69) is 48.7 Å². The number of aryl methyl sites for hydroxylation is 1. The second kappa shape index (κ2) is 8.83. The molecule has 0 bridgehead atoms. The van der Waals surface area contributed by atoms with E-state index in [4.69, 9.17) is 4.98 Å². The summed E-state index contributed by atoms with van der Waals surface area (Å²) in [6, 6.07) is 10.7. The van der Waals surface area contributed by atoms with Gasteiger partial charge in [-0.05, 0) is 36.7 Å². The molecule has 0 atom stereocenters. The summed E-state index contributed by atoms with van der Waals surface area (Å²) in [5.41, 5.74) is 1.89. The lowest BCUT2D eigenvalue weighted by atomic mass is 9.90. The molecule has 0 radical (unpaired) electrons. The predicted molar refractivity (Wildman–Crippen MR) is 122 cm³/mol. The number of fused-ring (bicyclic) bond motifs is 1. The van der Waals surface area contributed by atoms with Crippen molar-refractivity contribution < 1.29 is 4.90 Å². The van der Waals surface area contributed by atoms with E-state index in [0.717, 1.165) is 44.3 Å². The number of benzene rings is 1. The zero-order chi connectivity index (χ0) is 22.1. The van der Waals surface area contributed by atoms with Crippen LogP contribution >= 0.6 is 0 Å². The van der Waals surface area contributed by atoms with Crippen molar-refractivity contribution in [2.75, 3.05) is 13.1 Å². The van der Waals surface area contributed by atoms with Gasteiger partial charge in [0.1, 0.15) is 6.54 Å². The van der Waals surface area contributed by atoms with Crippen molar-refractivity contribution >= 4 is 11.2 Å². The fourth-order valence-corrected chi connectivity index (χ4v) is 4.83. The van der Waals surface area contributed by atoms with Crippen molar-refractivity contribution in [2.24, 2.45) is 25.9 Å². The molecule has 4 rings (SSSR count). The topological polar surface area (TPSA) is 66.3 Å². The summed E-state index contributed by atoms with van der Waals surface area (Å²) in [6.07, 6.45) is 3.56. The fraction of sp³-hybridized carbons (Fsp3) is 0.542. The molecule has 0 amide bonds. The highest BCUT2D eigenvalue weighted by Crippen LogP contribution is 2.17. The zero-order valence-corrected chi connectivity index (χ0v) is 19.1. The molecular formula is C24H34N5O2+. The molecule has 31 heavy (non-hydrogen) atoms. The normalized spacial score (nSPS) is 19.4. The molecule has 1 saturated heterocycles. The number of hydrogen-bond acceptors (Lipinski definition) is 3. The molecule has 1 aliphatic heterocycles. The van der Waals surface area contributed by atoms with Crippen LogP contribution in [0.3, 0.4) is 0 Å². The lowest BCUT2D eigenvalue weighted by Gasteiger charge is -2.29. The molecule has 7 heteroatoms. The van der Waals surface area contributed by atoms with Crippen LogP contribution in [0.15, 0.2) is 39.9 Å². The van der Waals surface area contributed by atoms with Crippen LogP contribution in [-0.2, 0) is 33.6 Å². The fourth-order valence-electron chi connectivity index (χ4n) is 4.83. The molecule has 7 nitrogen and oxygen atoms in total. The van der Waals surface area contributed by atoms with Gasteiger partial charge in [0, 0.05) is 20.6 Å². The maximum atomic E-state index is 12.9. The number of piperidine rings is 1. The van der Waals surface area contributed by atoms with Crippen molar-refractivity contribution in [3.05, 3.63) is 62.6 Å². The molecule has 1 N–H and O–H groups in total. The van der Waals surface area contributed by atoms with Crippen LogP contribution in [-0.4, -0.2) is 31.8 Å². The van der Waals surface area contributed by atoms with Crippen molar-refractivity contribution in [2.45, 2.75) is 46.2 Å². The van der Waals surface area contributed by atoms with Crippen molar-refractivity contribution in [1.82, 2.24) is 18.7 Å². The van der Waals surface area contributed by atoms with E-state index < -0.39 is 0 Å². The Bertz CT molecular complexity index is 1160. The van der Waals surface area contributed by atoms with Crippen LogP contribution in [0.2, 0.25) is 0 Å². The standard InChI is InChI=1S/C24H33N5O2/c1-17(2)15-29-20(25-22-21(29)23(30)27(4)24(31)26(22)3)16-28-12-10-19(11-13-28)14-18-8-6-5-7-9-18/h5-9,17,19H,10-16H2,1-4H3/p+1. The zero-order valence-electron chi connectivity index (χ0n) is 19.1. The van der Waals surface area contributed by atoms with Crippen LogP contribution in [0, 0.1) is 11.8 Å². The van der Waals surface area contributed by atoms with Crippen LogP contribution in [0.25, 0.3) is 11.2 Å². The van der Waals surface area contributed by atoms with Gasteiger partial charge in [0.15, 0.2) is 17.0 Å². The lowest BCUT2D eigenvalue weighted by molar-refractivity contribution is -0.920. The van der Waals surface area contributed by atoms with Gasteiger partial charge in [-0.25, -0.2) is 9.78 Å². The van der Waals surface area contributed by atoms with E-state index in [9.17, 15) is 9.59 Å². The van der Waals surface area contributed by atoms with Crippen LogP contribution in [0.4, 0.5) is 0 Å². The third-order valence-corrected chi connectivity index (χ3v) is 6.56. The first kappa shape index (κ1) is 21.6. The van der Waals surface area contributed by atoms with Crippen LogP contribution in [0.5, 0.6) is 0 Å². The predicted octanol–water partition coefficient (Wildman–Crippen LogP) is 1.13. The summed E-state index contributed by atoms with van der Waals surface area (Å²) < 4.78 is 4.75. The van der Waals surface area contributed by atoms with Crippen LogP contribution in [0.1, 0.15) is 38.1 Å². The van der Waals surface area contributed by atoms with Gasteiger partial charge in [0.05, 0.1) is 13.1 Å². The van der Waals surface area contributed by atoms with Crippen molar-refractivity contribution in [1.29, 1.82) is 0 Å². The number of likely N-dealkylation sites (tertiary alicyclic amines) is 1. The van der Waals surface area contributed by atoms with Gasteiger partial charge >= 0.3 is 5.69 Å². The van der Waals surface area contributed by atoms with Crippen molar-refractivity contribution in [3.8, 4) is 0 Å². The molecule has 2 aromatic heterocycles. The Morgan fingerprint density at radius 1 is 1.06 bits per heavy atom. The maximum absolute atomic E-state index is 12.9. The third kappa shape index (κ3) is 4.37. The summed E-state index contributed by atoms with van der Waals surface area (Å²) in [6.45, 7) is 8.02. The minimum atomic E-state index is -0.327. The summed E-state index contributed by atoms with van der Waals surface area (Å²) in [4.78, 5) is 31.6. The molecule has 1 aliphatic rings. The number of hydrogen-bond donors (Lipinski definition) is 1. The minimum Gasteiger partial charge on any atom is -0.329 e.